The van der Waals surface area contributed by atoms with E-state index in [1.54, 1.807) is 0 Å². The quantitative estimate of drug-likeness (QED) is 0.711. The van der Waals surface area contributed by atoms with Gasteiger partial charge in [0.25, 0.3) is 0 Å². The van der Waals surface area contributed by atoms with Crippen molar-refractivity contribution in [1.29, 1.82) is 5.26 Å². The highest BCUT2D eigenvalue weighted by Crippen LogP contribution is 1.99. The Labute approximate surface area is 97.0 Å². The summed E-state index contributed by atoms with van der Waals surface area (Å²) in [5.41, 5.74) is 1.19. The minimum Gasteiger partial charge on any atom is -0.375 e. The topological polar surface area (TPSA) is 45.0 Å². The molecule has 0 aliphatic carbocycles. The molecule has 0 spiro atoms. The van der Waals surface area contributed by atoms with Crippen LogP contribution in [0.2, 0.25) is 0 Å². The van der Waals surface area contributed by atoms with Gasteiger partial charge in [-0.05, 0) is 12.5 Å². The molecule has 1 N–H and O–H groups in total. The number of nitrogens with one attached hydrogen (secondary N) is 1. The van der Waals surface area contributed by atoms with Crippen molar-refractivity contribution in [1.82, 2.24) is 5.32 Å². The van der Waals surface area contributed by atoms with Crippen LogP contribution in [0, 0.1) is 17.2 Å². The minimum atomic E-state index is 0.0640. The SMILES string of the molecule is CC(C#N)CNCCOCc1ccccc1. The molecule has 1 aromatic rings. The number of ether oxygens (including phenoxy) is 1. The van der Waals surface area contributed by atoms with Crippen LogP contribution in [0.3, 0.4) is 0 Å². The molecule has 0 radical (unpaired) electrons. The van der Waals surface area contributed by atoms with Crippen molar-refractivity contribution in [2.24, 2.45) is 5.92 Å². The first-order valence-corrected chi connectivity index (χ1v) is 5.55. The van der Waals surface area contributed by atoms with Gasteiger partial charge in [0.05, 0.1) is 25.2 Å². The van der Waals surface area contributed by atoms with Crippen molar-refractivity contribution in [3.05, 3.63) is 35.9 Å². The summed E-state index contributed by atoms with van der Waals surface area (Å²) in [4.78, 5) is 0. The van der Waals surface area contributed by atoms with Crippen LogP contribution in [0.5, 0.6) is 0 Å². The molecule has 86 valence electrons. The third-order valence-corrected chi connectivity index (χ3v) is 2.21. The monoisotopic (exact) mass is 218 g/mol. The highest BCUT2D eigenvalue weighted by atomic mass is 16.5. The van der Waals surface area contributed by atoms with Crippen LogP contribution in [0.1, 0.15) is 12.5 Å². The van der Waals surface area contributed by atoms with Crippen molar-refractivity contribution in [2.75, 3.05) is 19.7 Å². The second-order valence-electron chi connectivity index (χ2n) is 3.77. The van der Waals surface area contributed by atoms with Gasteiger partial charge in [-0.15, -0.1) is 0 Å². The van der Waals surface area contributed by atoms with E-state index in [2.05, 4.69) is 11.4 Å². The molecule has 1 unspecified atom stereocenters. The van der Waals surface area contributed by atoms with Crippen molar-refractivity contribution in [3.63, 3.8) is 0 Å². The lowest BCUT2D eigenvalue weighted by molar-refractivity contribution is 0.122. The van der Waals surface area contributed by atoms with Gasteiger partial charge in [0.15, 0.2) is 0 Å². The largest absolute Gasteiger partial charge is 0.375 e. The Hall–Kier alpha value is -1.37. The summed E-state index contributed by atoms with van der Waals surface area (Å²) in [5.74, 6) is 0.0640. The third-order valence-electron chi connectivity index (χ3n) is 2.21. The molecular formula is C13H18N2O. The third kappa shape index (κ3) is 5.50. The fraction of sp³-hybridized carbons (Fsp3) is 0.462. The van der Waals surface area contributed by atoms with E-state index in [9.17, 15) is 0 Å². The van der Waals surface area contributed by atoms with Crippen molar-refractivity contribution < 1.29 is 4.74 Å². The van der Waals surface area contributed by atoms with Crippen LogP contribution < -0.4 is 5.32 Å². The molecule has 3 heteroatoms. The first-order chi connectivity index (χ1) is 7.83. The Morgan fingerprint density at radius 3 is 2.81 bits per heavy atom. The van der Waals surface area contributed by atoms with Crippen LogP contribution >= 0.6 is 0 Å². The van der Waals surface area contributed by atoms with Crippen LogP contribution in [0.25, 0.3) is 0 Å². The maximum Gasteiger partial charge on any atom is 0.0717 e. The van der Waals surface area contributed by atoms with Crippen LogP contribution in [-0.2, 0) is 11.3 Å². The molecule has 3 nitrogen and oxygen atoms in total. The predicted octanol–water partition coefficient (Wildman–Crippen LogP) is 1.95. The molecule has 0 aromatic heterocycles. The smallest absolute Gasteiger partial charge is 0.0717 e. The fourth-order valence-electron chi connectivity index (χ4n) is 1.27. The van der Waals surface area contributed by atoms with E-state index in [4.69, 9.17) is 10.00 Å². The van der Waals surface area contributed by atoms with Gasteiger partial charge in [0, 0.05) is 13.1 Å². The molecule has 1 atom stereocenters. The molecule has 0 aliphatic rings. The average Bonchev–Trinajstić information content (AvgIpc) is 2.34. The van der Waals surface area contributed by atoms with Gasteiger partial charge in [-0.25, -0.2) is 0 Å². The van der Waals surface area contributed by atoms with E-state index >= 15 is 0 Å². The Kier molecular flexibility index (Phi) is 6.24. The molecule has 0 saturated carbocycles. The Morgan fingerprint density at radius 2 is 2.12 bits per heavy atom. The molecule has 0 saturated heterocycles. The lowest BCUT2D eigenvalue weighted by atomic mass is 10.2. The highest BCUT2D eigenvalue weighted by Gasteiger charge is 1.97. The molecule has 0 amide bonds. The van der Waals surface area contributed by atoms with Crippen molar-refractivity contribution in [3.8, 4) is 6.07 Å². The van der Waals surface area contributed by atoms with Gasteiger partial charge in [0.1, 0.15) is 0 Å². The zero-order valence-corrected chi connectivity index (χ0v) is 9.65. The predicted molar refractivity (Wildman–Crippen MR) is 63.7 cm³/mol. The zero-order chi connectivity index (χ0) is 11.6. The Bertz CT molecular complexity index is 318. The van der Waals surface area contributed by atoms with Crippen LogP contribution in [0.15, 0.2) is 30.3 Å². The summed E-state index contributed by atoms with van der Waals surface area (Å²) < 4.78 is 5.49. The van der Waals surface area contributed by atoms with Crippen LogP contribution in [-0.4, -0.2) is 19.7 Å². The lowest BCUT2D eigenvalue weighted by Crippen LogP contribution is -2.24. The number of benzene rings is 1. The second kappa shape index (κ2) is 7.86. The molecule has 0 fully saturated rings. The normalized spacial score (nSPS) is 12.0. The molecule has 1 aromatic carbocycles. The number of rotatable bonds is 7. The molecule has 16 heavy (non-hydrogen) atoms. The zero-order valence-electron chi connectivity index (χ0n) is 9.65. The van der Waals surface area contributed by atoms with Crippen molar-refractivity contribution in [2.45, 2.75) is 13.5 Å². The molecule has 0 heterocycles. The number of nitriles is 1. The summed E-state index contributed by atoms with van der Waals surface area (Å²) in [5, 5.41) is 11.7. The standard InChI is InChI=1S/C13H18N2O/c1-12(9-14)10-15-7-8-16-11-13-5-3-2-4-6-13/h2-6,12,15H,7-8,10-11H2,1H3. The summed E-state index contributed by atoms with van der Waals surface area (Å²) in [6, 6.07) is 12.3. The Balaban J connectivity index is 1.99. The maximum atomic E-state index is 8.56. The highest BCUT2D eigenvalue weighted by molar-refractivity contribution is 5.13. The summed E-state index contributed by atoms with van der Waals surface area (Å²) in [7, 11) is 0. The second-order valence-corrected chi connectivity index (χ2v) is 3.77. The van der Waals surface area contributed by atoms with E-state index < -0.39 is 0 Å². The number of nitrogens with zero attached hydrogens (tertiary/aromatic N) is 1. The lowest BCUT2D eigenvalue weighted by Gasteiger charge is -2.06. The van der Waals surface area contributed by atoms with Gasteiger partial charge in [-0.1, -0.05) is 30.3 Å². The van der Waals surface area contributed by atoms with E-state index in [0.29, 0.717) is 13.2 Å². The maximum absolute atomic E-state index is 8.56. The van der Waals surface area contributed by atoms with Gasteiger partial charge < -0.3 is 10.1 Å². The van der Waals surface area contributed by atoms with Gasteiger partial charge in [0.2, 0.25) is 0 Å². The summed E-state index contributed by atoms with van der Waals surface area (Å²) in [6.07, 6.45) is 0. The first-order valence-electron chi connectivity index (χ1n) is 5.55. The number of hydrogen-bond acceptors (Lipinski definition) is 3. The van der Waals surface area contributed by atoms with E-state index in [1.165, 1.54) is 5.56 Å². The molecule has 1 rings (SSSR count). The van der Waals surface area contributed by atoms with Crippen LogP contribution in [0.4, 0.5) is 0 Å². The summed E-state index contributed by atoms with van der Waals surface area (Å²) in [6.45, 7) is 4.74. The van der Waals surface area contributed by atoms with Gasteiger partial charge in [-0.3, -0.25) is 0 Å². The molecule has 0 aliphatic heterocycles. The average molecular weight is 218 g/mol. The van der Waals surface area contributed by atoms with Crippen molar-refractivity contribution >= 4 is 0 Å². The minimum absolute atomic E-state index is 0.0640. The fourth-order valence-corrected chi connectivity index (χ4v) is 1.27. The van der Waals surface area contributed by atoms with E-state index in [-0.39, 0.29) is 5.92 Å². The van der Waals surface area contributed by atoms with Gasteiger partial charge >= 0.3 is 0 Å². The molecular weight excluding hydrogens is 200 g/mol. The first kappa shape index (κ1) is 12.7. The summed E-state index contributed by atoms with van der Waals surface area (Å²) >= 11 is 0. The van der Waals surface area contributed by atoms with E-state index in [1.807, 2.05) is 37.3 Å². The Morgan fingerprint density at radius 1 is 1.38 bits per heavy atom. The molecule has 0 bridgehead atoms. The number of hydrogen-bond donors (Lipinski definition) is 1. The van der Waals surface area contributed by atoms with E-state index in [0.717, 1.165) is 13.1 Å². The van der Waals surface area contributed by atoms with Gasteiger partial charge in [-0.2, -0.15) is 5.26 Å².